The fourth-order valence-corrected chi connectivity index (χ4v) is 4.42. The van der Waals surface area contributed by atoms with E-state index in [4.69, 9.17) is 23.2 Å². The molecule has 2 aromatic carbocycles. The van der Waals surface area contributed by atoms with Crippen LogP contribution in [0.2, 0.25) is 10.0 Å². The second-order valence-corrected chi connectivity index (χ2v) is 8.55. The average Bonchev–Trinajstić information content (AvgIpc) is 2.56. The van der Waals surface area contributed by atoms with Crippen LogP contribution in [0.5, 0.6) is 0 Å². The molecule has 0 aromatic heterocycles. The number of hydrogen-bond acceptors (Lipinski definition) is 3. The van der Waals surface area contributed by atoms with Gasteiger partial charge in [0.05, 0.1) is 5.75 Å². The van der Waals surface area contributed by atoms with Crippen molar-refractivity contribution < 1.29 is 4.79 Å². The number of carbonyl (C=O) groups is 1. The van der Waals surface area contributed by atoms with Gasteiger partial charge in [-0.05, 0) is 30.2 Å². The van der Waals surface area contributed by atoms with Crippen LogP contribution in [0.1, 0.15) is 16.7 Å². The standard InChI is InChI=1S/C19H21Cl2NOS2/c1-14-3-2-4-15(9-14)11-25-13-19(23)22-7-8-24-12-16-5-6-17(20)10-18(16)21/h2-6,9-10H,7-8,11-13H2,1H3,(H,22,23). The fraction of sp³-hybridized carbons (Fsp3) is 0.316. The van der Waals surface area contributed by atoms with E-state index in [9.17, 15) is 4.79 Å². The lowest BCUT2D eigenvalue weighted by molar-refractivity contribution is -0.118. The Morgan fingerprint density at radius 3 is 2.68 bits per heavy atom. The first kappa shape index (κ1) is 20.5. The average molecular weight is 414 g/mol. The molecule has 1 N–H and O–H groups in total. The summed E-state index contributed by atoms with van der Waals surface area (Å²) in [6, 6.07) is 13.9. The van der Waals surface area contributed by atoms with E-state index >= 15 is 0 Å². The van der Waals surface area contributed by atoms with Crippen LogP contribution in [0.4, 0.5) is 0 Å². The first-order valence-corrected chi connectivity index (χ1v) is 11.0. The Balaban J connectivity index is 1.56. The predicted molar refractivity (Wildman–Crippen MR) is 113 cm³/mol. The van der Waals surface area contributed by atoms with E-state index in [1.165, 1.54) is 11.1 Å². The van der Waals surface area contributed by atoms with Gasteiger partial charge in [0.1, 0.15) is 0 Å². The molecule has 0 saturated carbocycles. The molecule has 0 spiro atoms. The van der Waals surface area contributed by atoms with E-state index in [2.05, 4.69) is 36.5 Å². The Labute approximate surface area is 168 Å². The molecule has 0 fully saturated rings. The molecular formula is C19H21Cl2NOS2. The fourth-order valence-electron chi connectivity index (χ4n) is 2.20. The van der Waals surface area contributed by atoms with Crippen LogP contribution in [0, 0.1) is 6.92 Å². The Morgan fingerprint density at radius 2 is 1.92 bits per heavy atom. The largest absolute Gasteiger partial charge is 0.355 e. The molecule has 0 unspecified atom stereocenters. The Morgan fingerprint density at radius 1 is 1.08 bits per heavy atom. The van der Waals surface area contributed by atoms with Gasteiger partial charge in [-0.25, -0.2) is 0 Å². The number of halogens is 2. The van der Waals surface area contributed by atoms with E-state index in [1.54, 1.807) is 29.6 Å². The van der Waals surface area contributed by atoms with Crippen molar-refractivity contribution in [1.82, 2.24) is 5.32 Å². The summed E-state index contributed by atoms with van der Waals surface area (Å²) in [6.07, 6.45) is 0. The second kappa shape index (κ2) is 11.0. The monoisotopic (exact) mass is 413 g/mol. The zero-order valence-corrected chi connectivity index (χ0v) is 17.2. The second-order valence-electron chi connectivity index (χ2n) is 5.62. The van der Waals surface area contributed by atoms with Crippen LogP contribution in [-0.2, 0) is 16.3 Å². The summed E-state index contributed by atoms with van der Waals surface area (Å²) >= 11 is 15.4. The minimum Gasteiger partial charge on any atom is -0.355 e. The zero-order valence-electron chi connectivity index (χ0n) is 14.1. The van der Waals surface area contributed by atoms with Crippen molar-refractivity contribution >= 4 is 52.6 Å². The summed E-state index contributed by atoms with van der Waals surface area (Å²) in [7, 11) is 0. The minimum atomic E-state index is 0.0859. The van der Waals surface area contributed by atoms with Gasteiger partial charge in [0.15, 0.2) is 0 Å². The summed E-state index contributed by atoms with van der Waals surface area (Å²) in [5.74, 6) is 3.10. The maximum Gasteiger partial charge on any atom is 0.230 e. The van der Waals surface area contributed by atoms with Gasteiger partial charge < -0.3 is 5.32 Å². The number of benzene rings is 2. The van der Waals surface area contributed by atoms with Crippen molar-refractivity contribution in [3.05, 3.63) is 69.2 Å². The molecule has 6 heteroatoms. The number of nitrogens with one attached hydrogen (secondary N) is 1. The maximum atomic E-state index is 11.8. The van der Waals surface area contributed by atoms with Crippen molar-refractivity contribution in [3.63, 3.8) is 0 Å². The van der Waals surface area contributed by atoms with Crippen LogP contribution in [0.25, 0.3) is 0 Å². The molecule has 0 aliphatic carbocycles. The van der Waals surface area contributed by atoms with Crippen molar-refractivity contribution in [2.75, 3.05) is 18.1 Å². The molecule has 0 saturated heterocycles. The molecule has 2 aromatic rings. The van der Waals surface area contributed by atoms with E-state index in [0.29, 0.717) is 22.3 Å². The lowest BCUT2D eigenvalue weighted by Crippen LogP contribution is -2.27. The van der Waals surface area contributed by atoms with Crippen LogP contribution in [0.3, 0.4) is 0 Å². The smallest absolute Gasteiger partial charge is 0.230 e. The molecule has 134 valence electrons. The Hall–Kier alpha value is -0.810. The van der Waals surface area contributed by atoms with Gasteiger partial charge in [-0.1, -0.05) is 59.1 Å². The SMILES string of the molecule is Cc1cccc(CSCC(=O)NCCSCc2ccc(Cl)cc2Cl)c1. The summed E-state index contributed by atoms with van der Waals surface area (Å²) in [6.45, 7) is 2.75. The first-order valence-electron chi connectivity index (χ1n) is 7.96. The number of thioether (sulfide) groups is 2. The predicted octanol–water partition coefficient (Wildman–Crippen LogP) is 5.58. The lowest BCUT2D eigenvalue weighted by atomic mass is 10.2. The van der Waals surface area contributed by atoms with E-state index < -0.39 is 0 Å². The normalized spacial score (nSPS) is 10.7. The van der Waals surface area contributed by atoms with E-state index in [1.807, 2.05) is 12.1 Å². The molecule has 2 rings (SSSR count). The number of amides is 1. The number of rotatable bonds is 9. The third-order valence-electron chi connectivity index (χ3n) is 3.43. The number of hydrogen-bond donors (Lipinski definition) is 1. The Bertz CT molecular complexity index is 710. The highest BCUT2D eigenvalue weighted by atomic mass is 35.5. The molecule has 0 atom stereocenters. The molecule has 2 nitrogen and oxygen atoms in total. The topological polar surface area (TPSA) is 29.1 Å². The number of carbonyl (C=O) groups excluding carboxylic acids is 1. The van der Waals surface area contributed by atoms with Gasteiger partial charge >= 0.3 is 0 Å². The quantitative estimate of drug-likeness (QED) is 0.543. The van der Waals surface area contributed by atoms with Gasteiger partial charge in [-0.2, -0.15) is 11.8 Å². The summed E-state index contributed by atoms with van der Waals surface area (Å²) < 4.78 is 0. The minimum absolute atomic E-state index is 0.0859. The van der Waals surface area contributed by atoms with Crippen LogP contribution < -0.4 is 5.32 Å². The molecule has 0 aliphatic heterocycles. The summed E-state index contributed by atoms with van der Waals surface area (Å²) in [5.41, 5.74) is 3.57. The summed E-state index contributed by atoms with van der Waals surface area (Å²) in [4.78, 5) is 11.8. The van der Waals surface area contributed by atoms with Gasteiger partial charge in [-0.15, -0.1) is 11.8 Å². The van der Waals surface area contributed by atoms with E-state index in [-0.39, 0.29) is 5.91 Å². The molecule has 1 amide bonds. The van der Waals surface area contributed by atoms with E-state index in [0.717, 1.165) is 22.8 Å². The van der Waals surface area contributed by atoms with Crippen LogP contribution in [0.15, 0.2) is 42.5 Å². The van der Waals surface area contributed by atoms with Crippen molar-refractivity contribution in [3.8, 4) is 0 Å². The molecule has 25 heavy (non-hydrogen) atoms. The number of aryl methyl sites for hydroxylation is 1. The molecule has 0 heterocycles. The Kier molecular flexibility index (Phi) is 9.04. The van der Waals surface area contributed by atoms with Gasteiger partial charge in [0, 0.05) is 33.8 Å². The lowest BCUT2D eigenvalue weighted by Gasteiger charge is -2.07. The highest BCUT2D eigenvalue weighted by Gasteiger charge is 2.04. The molecule has 0 radical (unpaired) electrons. The highest BCUT2D eigenvalue weighted by molar-refractivity contribution is 7.99. The van der Waals surface area contributed by atoms with Crippen molar-refractivity contribution in [1.29, 1.82) is 0 Å². The van der Waals surface area contributed by atoms with Crippen LogP contribution in [-0.4, -0.2) is 24.0 Å². The first-order chi connectivity index (χ1) is 12.0. The maximum absolute atomic E-state index is 11.8. The summed E-state index contributed by atoms with van der Waals surface area (Å²) in [5, 5.41) is 4.29. The highest BCUT2D eigenvalue weighted by Crippen LogP contribution is 2.24. The molecule has 0 bridgehead atoms. The van der Waals surface area contributed by atoms with Crippen molar-refractivity contribution in [2.45, 2.75) is 18.4 Å². The van der Waals surface area contributed by atoms with Gasteiger partial charge in [0.2, 0.25) is 5.91 Å². The van der Waals surface area contributed by atoms with Crippen LogP contribution >= 0.6 is 46.7 Å². The zero-order chi connectivity index (χ0) is 18.1. The third-order valence-corrected chi connectivity index (χ3v) is 6.02. The molecular weight excluding hydrogens is 393 g/mol. The molecule has 0 aliphatic rings. The van der Waals surface area contributed by atoms with Gasteiger partial charge in [0.25, 0.3) is 0 Å². The van der Waals surface area contributed by atoms with Crippen molar-refractivity contribution in [2.24, 2.45) is 0 Å². The van der Waals surface area contributed by atoms with Gasteiger partial charge in [-0.3, -0.25) is 4.79 Å². The third kappa shape index (κ3) is 7.95.